The third-order valence-electron chi connectivity index (χ3n) is 3.17. The molecule has 4 heteroatoms. The molecule has 0 saturated heterocycles. The second kappa shape index (κ2) is 5.44. The lowest BCUT2D eigenvalue weighted by Crippen LogP contribution is -2.17. The number of halogens is 1. The van der Waals surface area contributed by atoms with Crippen molar-refractivity contribution in [3.8, 4) is 11.5 Å². The molecule has 1 N–H and O–H groups in total. The Hall–Kier alpha value is -0.490. The van der Waals surface area contributed by atoms with E-state index in [4.69, 9.17) is 9.47 Å². The molecule has 0 radical (unpaired) electrons. The summed E-state index contributed by atoms with van der Waals surface area (Å²) in [5, 5.41) is 3.54. The van der Waals surface area contributed by atoms with Crippen LogP contribution in [0.5, 0.6) is 11.5 Å². The summed E-state index contributed by atoms with van der Waals surface area (Å²) in [4.78, 5) is 0. The van der Waals surface area contributed by atoms with Crippen LogP contribution in [0.1, 0.15) is 18.9 Å². The standard InChI is InChI=1S/C13H18INO2/c1-8-4-11(8)15-7-9-5-10(14)13(17-3)12(6-9)16-2/h5-6,8,11,15H,4,7H2,1-3H3. The summed E-state index contributed by atoms with van der Waals surface area (Å²) < 4.78 is 11.8. The van der Waals surface area contributed by atoms with E-state index < -0.39 is 0 Å². The molecule has 1 aliphatic rings. The van der Waals surface area contributed by atoms with Crippen LogP contribution in [-0.2, 0) is 6.54 Å². The van der Waals surface area contributed by atoms with Crippen molar-refractivity contribution in [3.05, 3.63) is 21.3 Å². The highest BCUT2D eigenvalue weighted by Crippen LogP contribution is 2.34. The summed E-state index contributed by atoms with van der Waals surface area (Å²) in [5.74, 6) is 2.45. The fourth-order valence-electron chi connectivity index (χ4n) is 1.93. The average molecular weight is 347 g/mol. The van der Waals surface area contributed by atoms with E-state index in [9.17, 15) is 0 Å². The number of rotatable bonds is 5. The molecule has 3 nitrogen and oxygen atoms in total. The highest BCUT2D eigenvalue weighted by Gasteiger charge is 2.31. The first kappa shape index (κ1) is 13.0. The Morgan fingerprint density at radius 2 is 2.06 bits per heavy atom. The van der Waals surface area contributed by atoms with Gasteiger partial charge in [-0.25, -0.2) is 0 Å². The Bertz CT molecular complexity index is 409. The minimum absolute atomic E-state index is 0.695. The van der Waals surface area contributed by atoms with E-state index in [1.54, 1.807) is 14.2 Å². The molecule has 0 aliphatic heterocycles. The zero-order valence-corrected chi connectivity index (χ0v) is 12.6. The van der Waals surface area contributed by atoms with Gasteiger partial charge in [-0.05, 0) is 52.6 Å². The molecular weight excluding hydrogens is 329 g/mol. The van der Waals surface area contributed by atoms with Crippen molar-refractivity contribution in [2.75, 3.05) is 14.2 Å². The number of hydrogen-bond acceptors (Lipinski definition) is 3. The molecule has 2 atom stereocenters. The van der Waals surface area contributed by atoms with Gasteiger partial charge in [-0.2, -0.15) is 0 Å². The topological polar surface area (TPSA) is 30.5 Å². The molecule has 1 aliphatic carbocycles. The smallest absolute Gasteiger partial charge is 0.174 e. The molecule has 2 unspecified atom stereocenters. The largest absolute Gasteiger partial charge is 0.493 e. The van der Waals surface area contributed by atoms with Gasteiger partial charge in [0.1, 0.15) is 0 Å². The normalized spacial score (nSPS) is 22.4. The molecule has 0 amide bonds. The van der Waals surface area contributed by atoms with E-state index >= 15 is 0 Å². The monoisotopic (exact) mass is 347 g/mol. The minimum Gasteiger partial charge on any atom is -0.493 e. The highest BCUT2D eigenvalue weighted by atomic mass is 127. The van der Waals surface area contributed by atoms with Crippen LogP contribution in [0.25, 0.3) is 0 Å². The van der Waals surface area contributed by atoms with Crippen LogP contribution in [-0.4, -0.2) is 20.3 Å². The number of methoxy groups -OCH3 is 2. The quantitative estimate of drug-likeness (QED) is 0.831. The molecule has 94 valence electrons. The first-order chi connectivity index (χ1) is 8.15. The lowest BCUT2D eigenvalue weighted by Gasteiger charge is -2.12. The Labute approximate surface area is 116 Å². The van der Waals surface area contributed by atoms with Gasteiger partial charge in [-0.3, -0.25) is 0 Å². The average Bonchev–Trinajstić information content (AvgIpc) is 3.02. The third-order valence-corrected chi connectivity index (χ3v) is 3.97. The van der Waals surface area contributed by atoms with Gasteiger partial charge in [-0.1, -0.05) is 6.92 Å². The van der Waals surface area contributed by atoms with E-state index in [1.165, 1.54) is 12.0 Å². The number of nitrogens with one attached hydrogen (secondary N) is 1. The van der Waals surface area contributed by atoms with E-state index in [2.05, 4.69) is 40.9 Å². The fraction of sp³-hybridized carbons (Fsp3) is 0.538. The SMILES string of the molecule is COc1cc(CNC2CC2C)cc(I)c1OC. The second-order valence-corrected chi connectivity index (χ2v) is 5.68. The van der Waals surface area contributed by atoms with E-state index in [1.807, 2.05) is 6.07 Å². The molecule has 1 saturated carbocycles. The van der Waals surface area contributed by atoms with Gasteiger partial charge in [0.15, 0.2) is 11.5 Å². The van der Waals surface area contributed by atoms with Gasteiger partial charge in [0.05, 0.1) is 17.8 Å². The lowest BCUT2D eigenvalue weighted by molar-refractivity contribution is 0.352. The summed E-state index contributed by atoms with van der Waals surface area (Å²) in [6, 6.07) is 4.88. The molecule has 17 heavy (non-hydrogen) atoms. The van der Waals surface area contributed by atoms with Crippen LogP contribution >= 0.6 is 22.6 Å². The Morgan fingerprint density at radius 3 is 2.59 bits per heavy atom. The molecular formula is C13H18INO2. The summed E-state index contributed by atoms with van der Waals surface area (Å²) in [6.45, 7) is 3.17. The zero-order valence-electron chi connectivity index (χ0n) is 10.4. The zero-order chi connectivity index (χ0) is 12.4. The maximum atomic E-state index is 5.34. The van der Waals surface area contributed by atoms with Crippen molar-refractivity contribution in [3.63, 3.8) is 0 Å². The van der Waals surface area contributed by atoms with Crippen molar-refractivity contribution in [2.45, 2.75) is 25.9 Å². The van der Waals surface area contributed by atoms with Crippen molar-refractivity contribution >= 4 is 22.6 Å². The maximum Gasteiger partial charge on any atom is 0.174 e. The van der Waals surface area contributed by atoms with Gasteiger partial charge < -0.3 is 14.8 Å². The molecule has 0 bridgehead atoms. The summed E-state index contributed by atoms with van der Waals surface area (Å²) in [5.41, 5.74) is 1.24. The summed E-state index contributed by atoms with van der Waals surface area (Å²) in [6.07, 6.45) is 1.30. The number of hydrogen-bond donors (Lipinski definition) is 1. The van der Waals surface area contributed by atoms with Gasteiger partial charge >= 0.3 is 0 Å². The molecule has 2 rings (SSSR count). The van der Waals surface area contributed by atoms with Crippen molar-refractivity contribution < 1.29 is 9.47 Å². The number of ether oxygens (including phenoxy) is 2. The summed E-state index contributed by atoms with van der Waals surface area (Å²) in [7, 11) is 3.35. The molecule has 0 spiro atoms. The van der Waals surface area contributed by atoms with Gasteiger partial charge in [0.25, 0.3) is 0 Å². The first-order valence-electron chi connectivity index (χ1n) is 5.79. The second-order valence-electron chi connectivity index (χ2n) is 4.51. The lowest BCUT2D eigenvalue weighted by atomic mass is 10.2. The fourth-order valence-corrected chi connectivity index (χ4v) is 2.81. The van der Waals surface area contributed by atoms with Crippen LogP contribution in [0.15, 0.2) is 12.1 Å². The van der Waals surface area contributed by atoms with E-state index in [-0.39, 0.29) is 0 Å². The molecule has 1 aromatic carbocycles. The maximum absolute atomic E-state index is 5.34. The number of benzene rings is 1. The van der Waals surface area contributed by atoms with Crippen molar-refractivity contribution in [1.29, 1.82) is 0 Å². The summed E-state index contributed by atoms with van der Waals surface area (Å²) >= 11 is 2.28. The minimum atomic E-state index is 0.695. The Morgan fingerprint density at radius 1 is 1.35 bits per heavy atom. The Balaban J connectivity index is 2.09. The van der Waals surface area contributed by atoms with Crippen LogP contribution in [0, 0.1) is 9.49 Å². The van der Waals surface area contributed by atoms with Crippen LogP contribution in [0.4, 0.5) is 0 Å². The molecule has 1 fully saturated rings. The van der Waals surface area contributed by atoms with Crippen LogP contribution < -0.4 is 14.8 Å². The predicted molar refractivity (Wildman–Crippen MR) is 76.7 cm³/mol. The first-order valence-corrected chi connectivity index (χ1v) is 6.87. The van der Waals surface area contributed by atoms with Crippen molar-refractivity contribution in [1.82, 2.24) is 5.32 Å². The molecule has 0 aromatic heterocycles. The molecule has 0 heterocycles. The Kier molecular flexibility index (Phi) is 4.14. The van der Waals surface area contributed by atoms with Gasteiger partial charge in [0.2, 0.25) is 0 Å². The predicted octanol–water partition coefficient (Wildman–Crippen LogP) is 2.81. The van der Waals surface area contributed by atoms with E-state index in [0.29, 0.717) is 6.04 Å². The van der Waals surface area contributed by atoms with Crippen LogP contribution in [0.3, 0.4) is 0 Å². The van der Waals surface area contributed by atoms with Gasteiger partial charge in [0, 0.05) is 12.6 Å². The third kappa shape index (κ3) is 3.04. The highest BCUT2D eigenvalue weighted by molar-refractivity contribution is 14.1. The van der Waals surface area contributed by atoms with Crippen LogP contribution in [0.2, 0.25) is 0 Å². The van der Waals surface area contributed by atoms with E-state index in [0.717, 1.165) is 27.5 Å². The molecule has 1 aromatic rings. The van der Waals surface area contributed by atoms with Gasteiger partial charge in [-0.15, -0.1) is 0 Å². The van der Waals surface area contributed by atoms with Crippen molar-refractivity contribution in [2.24, 2.45) is 5.92 Å².